The molecule has 1 fully saturated rings. The van der Waals surface area contributed by atoms with E-state index < -0.39 is 0 Å². The maximum absolute atomic E-state index is 6.08. The molecule has 1 rings (SSSR count). The molecule has 1 aliphatic heterocycles. The first-order valence-corrected chi connectivity index (χ1v) is 7.95. The van der Waals surface area contributed by atoms with Crippen LogP contribution in [0.15, 0.2) is 4.99 Å². The Balaban J connectivity index is 0.00000324. The molecule has 0 bridgehead atoms. The summed E-state index contributed by atoms with van der Waals surface area (Å²) in [6.07, 6.45) is 1.17. The molecule has 2 N–H and O–H groups in total. The number of aliphatic imine (C=N–C) groups is 1. The quantitative estimate of drug-likeness (QED) is 0.435. The monoisotopic (exact) mass is 400 g/mol. The molecular formula is C13H29IN4S. The third-order valence-electron chi connectivity index (χ3n) is 3.27. The average molecular weight is 400 g/mol. The molecule has 0 aromatic heterocycles. The predicted molar refractivity (Wildman–Crippen MR) is 97.7 cm³/mol. The standard InChI is InChI=1S/C13H28N4S.HI/c1-11(2)9-12(16(3)4)10-15-13(14)17-5-7-18-8-6-17;/h11-12H,5-10H2,1-4H3,(H2,14,15);1H. The van der Waals surface area contributed by atoms with Crippen molar-refractivity contribution in [3.05, 3.63) is 0 Å². The number of halogens is 1. The molecule has 0 saturated carbocycles. The van der Waals surface area contributed by atoms with E-state index in [0.29, 0.717) is 12.0 Å². The lowest BCUT2D eigenvalue weighted by atomic mass is 10.0. The molecular weight excluding hydrogens is 371 g/mol. The molecule has 19 heavy (non-hydrogen) atoms. The topological polar surface area (TPSA) is 44.9 Å². The zero-order chi connectivity index (χ0) is 13.5. The second-order valence-electron chi connectivity index (χ2n) is 5.55. The largest absolute Gasteiger partial charge is 0.370 e. The van der Waals surface area contributed by atoms with Crippen LogP contribution in [0.3, 0.4) is 0 Å². The fourth-order valence-corrected chi connectivity index (χ4v) is 2.99. The minimum absolute atomic E-state index is 0. The first-order valence-electron chi connectivity index (χ1n) is 6.79. The van der Waals surface area contributed by atoms with Crippen LogP contribution in [0.5, 0.6) is 0 Å². The van der Waals surface area contributed by atoms with E-state index in [0.717, 1.165) is 25.6 Å². The van der Waals surface area contributed by atoms with Gasteiger partial charge in [0, 0.05) is 30.6 Å². The number of guanidine groups is 1. The molecule has 114 valence electrons. The normalized spacial score (nSPS) is 18.6. The highest BCUT2D eigenvalue weighted by Gasteiger charge is 2.15. The zero-order valence-electron chi connectivity index (χ0n) is 12.6. The van der Waals surface area contributed by atoms with E-state index in [1.807, 2.05) is 11.8 Å². The number of hydrogen-bond donors (Lipinski definition) is 1. The highest BCUT2D eigenvalue weighted by molar-refractivity contribution is 14.0. The summed E-state index contributed by atoms with van der Waals surface area (Å²) in [5.41, 5.74) is 6.08. The maximum atomic E-state index is 6.08. The summed E-state index contributed by atoms with van der Waals surface area (Å²) in [5, 5.41) is 0. The molecule has 0 aromatic carbocycles. The van der Waals surface area contributed by atoms with Gasteiger partial charge >= 0.3 is 0 Å². The van der Waals surface area contributed by atoms with Crippen molar-refractivity contribution in [2.45, 2.75) is 26.3 Å². The third-order valence-corrected chi connectivity index (χ3v) is 4.22. The summed E-state index contributed by atoms with van der Waals surface area (Å²) in [5.74, 6) is 3.75. The number of nitrogens with zero attached hydrogens (tertiary/aromatic N) is 3. The molecule has 1 saturated heterocycles. The van der Waals surface area contributed by atoms with E-state index in [2.05, 4.69) is 42.7 Å². The highest BCUT2D eigenvalue weighted by Crippen LogP contribution is 2.11. The van der Waals surface area contributed by atoms with Gasteiger partial charge in [0.25, 0.3) is 0 Å². The first kappa shape index (κ1) is 19.3. The van der Waals surface area contributed by atoms with Gasteiger partial charge in [-0.05, 0) is 26.4 Å². The number of likely N-dealkylation sites (N-methyl/N-ethyl adjacent to an activating group) is 1. The average Bonchev–Trinajstić information content (AvgIpc) is 2.34. The Kier molecular flexibility index (Phi) is 10.3. The summed E-state index contributed by atoms with van der Waals surface area (Å²) in [6, 6.07) is 0.489. The molecule has 1 unspecified atom stereocenters. The van der Waals surface area contributed by atoms with Gasteiger partial charge in [-0.2, -0.15) is 11.8 Å². The van der Waals surface area contributed by atoms with Gasteiger partial charge in [-0.1, -0.05) is 13.8 Å². The number of nitrogens with two attached hydrogens (primary N) is 1. The molecule has 4 nitrogen and oxygen atoms in total. The lowest BCUT2D eigenvalue weighted by molar-refractivity contribution is 0.260. The van der Waals surface area contributed by atoms with Crippen LogP contribution in [0.25, 0.3) is 0 Å². The summed E-state index contributed by atoms with van der Waals surface area (Å²) < 4.78 is 0. The van der Waals surface area contributed by atoms with Gasteiger partial charge in [0.2, 0.25) is 0 Å². The van der Waals surface area contributed by atoms with Crippen LogP contribution >= 0.6 is 35.7 Å². The Bertz CT molecular complexity index is 265. The third kappa shape index (κ3) is 7.60. The Morgan fingerprint density at radius 2 is 1.89 bits per heavy atom. The zero-order valence-corrected chi connectivity index (χ0v) is 15.8. The van der Waals surface area contributed by atoms with Crippen molar-refractivity contribution in [3.63, 3.8) is 0 Å². The summed E-state index contributed by atoms with van der Waals surface area (Å²) in [6.45, 7) is 7.39. The van der Waals surface area contributed by atoms with Crippen LogP contribution in [-0.2, 0) is 0 Å². The van der Waals surface area contributed by atoms with Gasteiger partial charge in [0.1, 0.15) is 0 Å². The van der Waals surface area contributed by atoms with Gasteiger partial charge in [0.15, 0.2) is 5.96 Å². The second-order valence-corrected chi connectivity index (χ2v) is 6.77. The minimum atomic E-state index is 0. The van der Waals surface area contributed by atoms with E-state index in [1.54, 1.807) is 0 Å². The Labute approximate surface area is 139 Å². The van der Waals surface area contributed by atoms with Crippen molar-refractivity contribution in [1.82, 2.24) is 9.80 Å². The van der Waals surface area contributed by atoms with Crippen LogP contribution in [0, 0.1) is 5.92 Å². The predicted octanol–water partition coefficient (Wildman–Crippen LogP) is 1.94. The van der Waals surface area contributed by atoms with Gasteiger partial charge in [-0.25, -0.2) is 0 Å². The summed E-state index contributed by atoms with van der Waals surface area (Å²) in [7, 11) is 4.24. The number of hydrogen-bond acceptors (Lipinski definition) is 3. The van der Waals surface area contributed by atoms with E-state index in [4.69, 9.17) is 5.73 Å². The van der Waals surface area contributed by atoms with Crippen molar-refractivity contribution < 1.29 is 0 Å². The van der Waals surface area contributed by atoms with E-state index in [-0.39, 0.29) is 24.0 Å². The van der Waals surface area contributed by atoms with Crippen LogP contribution in [0.2, 0.25) is 0 Å². The molecule has 1 atom stereocenters. The lowest BCUT2D eigenvalue weighted by Crippen LogP contribution is -2.43. The molecule has 0 aliphatic carbocycles. The molecule has 1 aliphatic rings. The van der Waals surface area contributed by atoms with Gasteiger partial charge in [0.05, 0.1) is 6.54 Å². The SMILES string of the molecule is CC(C)CC(CN=C(N)N1CCSCC1)N(C)C.I. The summed E-state index contributed by atoms with van der Waals surface area (Å²) >= 11 is 1.99. The Hall–Kier alpha value is 0.310. The van der Waals surface area contributed by atoms with Crippen LogP contribution in [0.1, 0.15) is 20.3 Å². The van der Waals surface area contributed by atoms with Crippen LogP contribution < -0.4 is 5.73 Å². The molecule has 0 aromatic rings. The van der Waals surface area contributed by atoms with E-state index in [1.165, 1.54) is 17.9 Å². The van der Waals surface area contributed by atoms with Crippen molar-refractivity contribution >= 4 is 41.7 Å². The summed E-state index contributed by atoms with van der Waals surface area (Å²) in [4.78, 5) is 9.05. The van der Waals surface area contributed by atoms with Gasteiger partial charge in [-0.3, -0.25) is 4.99 Å². The molecule has 0 amide bonds. The maximum Gasteiger partial charge on any atom is 0.191 e. The van der Waals surface area contributed by atoms with Crippen LogP contribution in [0.4, 0.5) is 0 Å². The van der Waals surface area contributed by atoms with Crippen molar-refractivity contribution in [2.75, 3.05) is 45.2 Å². The molecule has 6 heteroatoms. The van der Waals surface area contributed by atoms with E-state index in [9.17, 15) is 0 Å². The lowest BCUT2D eigenvalue weighted by Gasteiger charge is -2.29. The van der Waals surface area contributed by atoms with E-state index >= 15 is 0 Å². The van der Waals surface area contributed by atoms with Crippen molar-refractivity contribution in [3.8, 4) is 0 Å². The van der Waals surface area contributed by atoms with Crippen molar-refractivity contribution in [1.29, 1.82) is 0 Å². The fraction of sp³-hybridized carbons (Fsp3) is 0.923. The first-order chi connectivity index (χ1) is 8.50. The Morgan fingerprint density at radius 3 is 2.37 bits per heavy atom. The number of rotatable bonds is 5. The van der Waals surface area contributed by atoms with Gasteiger partial charge in [-0.15, -0.1) is 24.0 Å². The fourth-order valence-electron chi connectivity index (χ4n) is 2.08. The molecule has 0 radical (unpaired) electrons. The smallest absolute Gasteiger partial charge is 0.191 e. The Morgan fingerprint density at radius 1 is 1.32 bits per heavy atom. The second kappa shape index (κ2) is 10.1. The number of thioether (sulfide) groups is 1. The molecule has 0 spiro atoms. The highest BCUT2D eigenvalue weighted by atomic mass is 127. The van der Waals surface area contributed by atoms with Crippen molar-refractivity contribution in [2.24, 2.45) is 16.6 Å². The minimum Gasteiger partial charge on any atom is -0.370 e. The molecule has 1 heterocycles. The van der Waals surface area contributed by atoms with Gasteiger partial charge < -0.3 is 15.5 Å². The van der Waals surface area contributed by atoms with Crippen LogP contribution in [-0.4, -0.2) is 67.0 Å².